The number of para-hydroxylation sites is 1. The highest BCUT2D eigenvalue weighted by Gasteiger charge is 2.17. The lowest BCUT2D eigenvalue weighted by Gasteiger charge is -2.18. The summed E-state index contributed by atoms with van der Waals surface area (Å²) in [5, 5.41) is 0.379. The van der Waals surface area contributed by atoms with Gasteiger partial charge >= 0.3 is 5.97 Å². The van der Waals surface area contributed by atoms with E-state index >= 15 is 0 Å². The number of hydrogen-bond donors (Lipinski definition) is 0. The lowest BCUT2D eigenvalue weighted by molar-refractivity contribution is 0.0444. The first kappa shape index (κ1) is 18.6. The van der Waals surface area contributed by atoms with E-state index < -0.39 is 12.6 Å². The molecule has 0 aliphatic rings. The van der Waals surface area contributed by atoms with Crippen LogP contribution in [0.1, 0.15) is 47.2 Å². The third kappa shape index (κ3) is 4.14. The normalized spacial score (nSPS) is 11.4. The van der Waals surface area contributed by atoms with Gasteiger partial charge < -0.3 is 9.15 Å². The molecule has 0 aliphatic heterocycles. The topological polar surface area (TPSA) is 73.6 Å². The molecule has 0 atom stereocenters. The first-order valence-corrected chi connectivity index (χ1v) is 8.59. The zero-order valence-corrected chi connectivity index (χ0v) is 15.4. The number of Topliss-reactive ketones (excluding diaryl/α,β-unsaturated/α-hetero) is 1. The van der Waals surface area contributed by atoms with Crippen LogP contribution in [-0.4, -0.2) is 18.4 Å². The summed E-state index contributed by atoms with van der Waals surface area (Å²) in [5.41, 5.74) is 1.50. The van der Waals surface area contributed by atoms with Crippen LogP contribution in [0.3, 0.4) is 0 Å². The second-order valence-electron chi connectivity index (χ2n) is 7.30. The molecule has 3 rings (SSSR count). The Morgan fingerprint density at radius 2 is 1.67 bits per heavy atom. The SMILES string of the molecule is CC(C)(C)c1ccc(C(=O)COC(=O)c2cc(=O)c3ccccc3o2)cc1. The van der Waals surface area contributed by atoms with Gasteiger partial charge in [-0.2, -0.15) is 0 Å². The number of esters is 1. The van der Waals surface area contributed by atoms with Crippen LogP contribution in [0, 0.1) is 0 Å². The minimum absolute atomic E-state index is 0.0122. The summed E-state index contributed by atoms with van der Waals surface area (Å²) in [6.45, 7) is 5.83. The quantitative estimate of drug-likeness (QED) is 0.514. The van der Waals surface area contributed by atoms with Gasteiger partial charge in [-0.1, -0.05) is 57.2 Å². The summed E-state index contributed by atoms with van der Waals surface area (Å²) in [6.07, 6.45) is 0. The number of ether oxygens (including phenoxy) is 1. The van der Waals surface area contributed by atoms with E-state index in [1.165, 1.54) is 0 Å². The number of rotatable bonds is 4. The first-order chi connectivity index (χ1) is 12.8. The van der Waals surface area contributed by atoms with Gasteiger partial charge in [0.25, 0.3) is 0 Å². The average Bonchev–Trinajstić information content (AvgIpc) is 2.65. The average molecular weight is 364 g/mol. The Morgan fingerprint density at radius 1 is 1.00 bits per heavy atom. The molecule has 3 aromatic rings. The number of carbonyl (C=O) groups excluding carboxylic acids is 2. The van der Waals surface area contributed by atoms with Crippen molar-refractivity contribution in [3.05, 3.63) is 81.7 Å². The predicted molar refractivity (Wildman–Crippen MR) is 102 cm³/mol. The van der Waals surface area contributed by atoms with Crippen molar-refractivity contribution in [2.75, 3.05) is 6.61 Å². The summed E-state index contributed by atoms with van der Waals surface area (Å²) in [5.74, 6) is -1.40. The van der Waals surface area contributed by atoms with E-state index in [4.69, 9.17) is 9.15 Å². The fourth-order valence-electron chi connectivity index (χ4n) is 2.65. The largest absolute Gasteiger partial charge is 0.451 e. The molecule has 0 aliphatic carbocycles. The Bertz CT molecular complexity index is 1050. The van der Waals surface area contributed by atoms with Crippen molar-refractivity contribution in [3.63, 3.8) is 0 Å². The van der Waals surface area contributed by atoms with Crippen LogP contribution in [0.2, 0.25) is 0 Å². The lowest BCUT2D eigenvalue weighted by atomic mass is 9.86. The van der Waals surface area contributed by atoms with Crippen LogP contribution in [0.25, 0.3) is 11.0 Å². The van der Waals surface area contributed by atoms with Crippen LogP contribution in [-0.2, 0) is 10.2 Å². The standard InChI is InChI=1S/C22H20O5/c1-22(2,3)15-10-8-14(9-11-15)18(24)13-26-21(25)20-12-17(23)16-6-4-5-7-19(16)27-20/h4-12H,13H2,1-3H3. The van der Waals surface area contributed by atoms with Gasteiger partial charge in [0.15, 0.2) is 17.8 Å². The highest BCUT2D eigenvalue weighted by Crippen LogP contribution is 2.22. The molecule has 0 fully saturated rings. The zero-order valence-electron chi connectivity index (χ0n) is 15.4. The van der Waals surface area contributed by atoms with Crippen molar-refractivity contribution in [1.29, 1.82) is 0 Å². The monoisotopic (exact) mass is 364 g/mol. The molecule has 1 heterocycles. The van der Waals surface area contributed by atoms with E-state index in [9.17, 15) is 14.4 Å². The Balaban J connectivity index is 1.70. The maximum Gasteiger partial charge on any atom is 0.374 e. The molecule has 0 N–H and O–H groups in total. The van der Waals surface area contributed by atoms with Crippen LogP contribution in [0.15, 0.2) is 63.8 Å². The summed E-state index contributed by atoms with van der Waals surface area (Å²) < 4.78 is 10.4. The molecular weight excluding hydrogens is 344 g/mol. The minimum atomic E-state index is -0.850. The summed E-state index contributed by atoms with van der Waals surface area (Å²) in [7, 11) is 0. The second kappa shape index (κ2) is 7.19. The Labute approximate surface area is 156 Å². The Morgan fingerprint density at radius 3 is 2.33 bits per heavy atom. The van der Waals surface area contributed by atoms with Crippen molar-refractivity contribution >= 4 is 22.7 Å². The van der Waals surface area contributed by atoms with E-state index in [0.29, 0.717) is 16.5 Å². The van der Waals surface area contributed by atoms with Gasteiger partial charge in [-0.25, -0.2) is 4.79 Å². The number of hydrogen-bond acceptors (Lipinski definition) is 5. The fourth-order valence-corrected chi connectivity index (χ4v) is 2.65. The van der Waals surface area contributed by atoms with Gasteiger partial charge in [-0.05, 0) is 23.1 Å². The van der Waals surface area contributed by atoms with E-state index in [1.807, 2.05) is 12.1 Å². The second-order valence-corrected chi connectivity index (χ2v) is 7.30. The van der Waals surface area contributed by atoms with E-state index in [2.05, 4.69) is 20.8 Å². The van der Waals surface area contributed by atoms with Gasteiger partial charge in [0.2, 0.25) is 5.76 Å². The molecule has 27 heavy (non-hydrogen) atoms. The summed E-state index contributed by atoms with van der Waals surface area (Å²) in [6, 6.07) is 14.9. The molecule has 0 saturated carbocycles. The van der Waals surface area contributed by atoms with Gasteiger partial charge in [0, 0.05) is 11.6 Å². The van der Waals surface area contributed by atoms with E-state index in [-0.39, 0.29) is 22.4 Å². The molecular formula is C22H20O5. The molecule has 0 amide bonds. The van der Waals surface area contributed by atoms with Crippen molar-refractivity contribution in [2.45, 2.75) is 26.2 Å². The lowest BCUT2D eigenvalue weighted by Crippen LogP contribution is -2.16. The summed E-state index contributed by atoms with van der Waals surface area (Å²) >= 11 is 0. The maximum atomic E-state index is 12.3. The third-order valence-corrected chi connectivity index (χ3v) is 4.24. The highest BCUT2D eigenvalue weighted by molar-refractivity contribution is 5.99. The smallest absolute Gasteiger partial charge is 0.374 e. The number of benzene rings is 2. The highest BCUT2D eigenvalue weighted by atomic mass is 16.5. The molecule has 0 radical (unpaired) electrons. The number of fused-ring (bicyclic) bond motifs is 1. The van der Waals surface area contributed by atoms with E-state index in [1.54, 1.807) is 36.4 Å². The van der Waals surface area contributed by atoms with Crippen molar-refractivity contribution in [3.8, 4) is 0 Å². The minimum Gasteiger partial charge on any atom is -0.451 e. The number of ketones is 1. The molecule has 0 unspecified atom stereocenters. The van der Waals surface area contributed by atoms with Crippen molar-refractivity contribution in [2.24, 2.45) is 0 Å². The molecule has 0 bridgehead atoms. The fraction of sp³-hybridized carbons (Fsp3) is 0.227. The van der Waals surface area contributed by atoms with Crippen LogP contribution in [0.5, 0.6) is 0 Å². The first-order valence-electron chi connectivity index (χ1n) is 8.59. The molecule has 0 saturated heterocycles. The molecule has 0 spiro atoms. The number of carbonyl (C=O) groups is 2. The molecule has 1 aromatic heterocycles. The van der Waals surface area contributed by atoms with E-state index in [0.717, 1.165) is 11.6 Å². The van der Waals surface area contributed by atoms with Crippen molar-refractivity contribution in [1.82, 2.24) is 0 Å². The molecule has 5 nitrogen and oxygen atoms in total. The van der Waals surface area contributed by atoms with Crippen molar-refractivity contribution < 1.29 is 18.7 Å². The van der Waals surface area contributed by atoms with Gasteiger partial charge in [0.05, 0.1) is 5.39 Å². The molecule has 2 aromatic carbocycles. The van der Waals surface area contributed by atoms with Crippen LogP contribution >= 0.6 is 0 Å². The van der Waals surface area contributed by atoms with Gasteiger partial charge in [-0.3, -0.25) is 9.59 Å². The van der Waals surface area contributed by atoms with Crippen LogP contribution < -0.4 is 5.43 Å². The predicted octanol–water partition coefficient (Wildman–Crippen LogP) is 4.13. The zero-order chi connectivity index (χ0) is 19.6. The van der Waals surface area contributed by atoms with Gasteiger partial charge in [0.1, 0.15) is 5.58 Å². The summed E-state index contributed by atoms with van der Waals surface area (Å²) in [4.78, 5) is 36.4. The van der Waals surface area contributed by atoms with Gasteiger partial charge in [-0.15, -0.1) is 0 Å². The molecule has 5 heteroatoms. The third-order valence-electron chi connectivity index (χ3n) is 4.24. The molecule has 138 valence electrons. The Hall–Kier alpha value is -3.21. The van der Waals surface area contributed by atoms with Crippen LogP contribution in [0.4, 0.5) is 0 Å². The maximum absolute atomic E-state index is 12.3. The Kier molecular flexibility index (Phi) is 4.95.